The molecule has 0 aromatic heterocycles. The van der Waals surface area contributed by atoms with Crippen LogP contribution < -0.4 is 15.5 Å². The van der Waals surface area contributed by atoms with Crippen molar-refractivity contribution in [3.8, 4) is 0 Å². The number of hydrogen-bond donors (Lipinski definition) is 2. The van der Waals surface area contributed by atoms with E-state index < -0.39 is 29.6 Å². The monoisotopic (exact) mass is 400 g/mol. The van der Waals surface area contributed by atoms with E-state index in [4.69, 9.17) is 0 Å². The first-order valence-electron chi connectivity index (χ1n) is 9.86. The lowest BCUT2D eigenvalue weighted by molar-refractivity contribution is -0.141. The van der Waals surface area contributed by atoms with Crippen molar-refractivity contribution < 1.29 is 23.6 Å². The van der Waals surface area contributed by atoms with E-state index in [1.165, 1.54) is 6.07 Å². The number of piperidine rings is 2. The Balaban J connectivity index is 1.49. The second-order valence-corrected chi connectivity index (χ2v) is 8.26. The van der Waals surface area contributed by atoms with Gasteiger partial charge in [-0.1, -0.05) is 0 Å². The second kappa shape index (κ2) is 6.70. The summed E-state index contributed by atoms with van der Waals surface area (Å²) in [5.41, 5.74) is 1.52. The lowest BCUT2D eigenvalue weighted by Gasteiger charge is -2.49. The van der Waals surface area contributed by atoms with Gasteiger partial charge in [0.05, 0.1) is 6.04 Å². The summed E-state index contributed by atoms with van der Waals surface area (Å²) in [4.78, 5) is 51.2. The molecule has 1 aromatic rings. The number of imide groups is 1. The number of piperazine rings is 1. The van der Waals surface area contributed by atoms with Crippen LogP contribution in [0.5, 0.6) is 0 Å². The fourth-order valence-electron chi connectivity index (χ4n) is 5.12. The SMILES string of the molecule is O=CC(=O)C1c2c(F)cc(N3CC4CC(C3)N4)cc2CN1C1CCC(=O)NC1=O. The van der Waals surface area contributed by atoms with E-state index in [0.717, 1.165) is 25.2 Å². The number of hydrogen-bond acceptors (Lipinski definition) is 7. The van der Waals surface area contributed by atoms with Gasteiger partial charge in [0.1, 0.15) is 11.9 Å². The lowest BCUT2D eigenvalue weighted by atomic mass is 9.90. The summed E-state index contributed by atoms with van der Waals surface area (Å²) in [6, 6.07) is 2.20. The van der Waals surface area contributed by atoms with E-state index in [2.05, 4.69) is 15.5 Å². The number of nitrogens with zero attached hydrogens (tertiary/aromatic N) is 2. The van der Waals surface area contributed by atoms with Gasteiger partial charge in [0.15, 0.2) is 6.29 Å². The summed E-state index contributed by atoms with van der Waals surface area (Å²) >= 11 is 0. The predicted octanol–water partition coefficient (Wildman–Crippen LogP) is -0.194. The molecule has 4 unspecified atom stereocenters. The first-order chi connectivity index (χ1) is 13.9. The van der Waals surface area contributed by atoms with Gasteiger partial charge in [0.2, 0.25) is 17.6 Å². The van der Waals surface area contributed by atoms with Crippen molar-refractivity contribution in [2.75, 3.05) is 18.0 Å². The van der Waals surface area contributed by atoms with Crippen molar-refractivity contribution in [2.24, 2.45) is 0 Å². The average Bonchev–Trinajstić information content (AvgIpc) is 3.06. The van der Waals surface area contributed by atoms with Crippen LogP contribution in [0.25, 0.3) is 0 Å². The van der Waals surface area contributed by atoms with Crippen LogP contribution in [-0.4, -0.2) is 60.0 Å². The first kappa shape index (κ1) is 18.4. The minimum absolute atomic E-state index is 0.141. The molecule has 4 fully saturated rings. The number of carbonyl (C=O) groups excluding carboxylic acids is 4. The second-order valence-electron chi connectivity index (χ2n) is 8.26. The third-order valence-corrected chi connectivity index (χ3v) is 6.44. The number of aldehydes is 1. The Labute approximate surface area is 166 Å². The normalized spacial score (nSPS) is 31.1. The van der Waals surface area contributed by atoms with Crippen molar-refractivity contribution in [2.45, 2.75) is 50.0 Å². The molecule has 0 aliphatic carbocycles. The van der Waals surface area contributed by atoms with Crippen molar-refractivity contribution >= 4 is 29.6 Å². The maximum Gasteiger partial charge on any atom is 0.243 e. The van der Waals surface area contributed by atoms with Crippen LogP contribution in [0.2, 0.25) is 0 Å². The van der Waals surface area contributed by atoms with Crippen LogP contribution in [-0.2, 0) is 25.7 Å². The van der Waals surface area contributed by atoms with Gasteiger partial charge in [-0.2, -0.15) is 0 Å². The number of carbonyl (C=O) groups is 4. The Bertz CT molecular complexity index is 919. The summed E-state index contributed by atoms with van der Waals surface area (Å²) in [6.07, 6.45) is 1.68. The number of benzene rings is 1. The molecule has 9 heteroatoms. The number of ketones is 1. The number of anilines is 1. The summed E-state index contributed by atoms with van der Waals surface area (Å²) in [5.74, 6) is -2.21. The zero-order valence-corrected chi connectivity index (χ0v) is 15.7. The molecular weight excluding hydrogens is 379 g/mol. The Hall–Kier alpha value is -2.65. The van der Waals surface area contributed by atoms with Crippen molar-refractivity contribution in [3.63, 3.8) is 0 Å². The molecule has 0 saturated carbocycles. The highest BCUT2D eigenvalue weighted by Gasteiger charge is 2.45. The predicted molar refractivity (Wildman–Crippen MR) is 99.5 cm³/mol. The summed E-state index contributed by atoms with van der Waals surface area (Å²) in [7, 11) is 0. The van der Waals surface area contributed by atoms with E-state index in [0.29, 0.717) is 17.6 Å². The highest BCUT2D eigenvalue weighted by atomic mass is 19.1. The van der Waals surface area contributed by atoms with Gasteiger partial charge in [0, 0.05) is 49.4 Å². The van der Waals surface area contributed by atoms with Gasteiger partial charge in [-0.25, -0.2) is 4.39 Å². The van der Waals surface area contributed by atoms with Crippen LogP contribution in [0.1, 0.15) is 36.4 Å². The van der Waals surface area contributed by atoms with Crippen molar-refractivity contribution in [1.29, 1.82) is 0 Å². The number of amides is 2. The number of rotatable bonds is 4. The zero-order chi connectivity index (χ0) is 20.3. The Kier molecular flexibility index (Phi) is 4.25. The Morgan fingerprint density at radius 2 is 1.93 bits per heavy atom. The third kappa shape index (κ3) is 2.96. The van der Waals surface area contributed by atoms with E-state index in [1.807, 2.05) is 6.07 Å². The van der Waals surface area contributed by atoms with Gasteiger partial charge in [-0.3, -0.25) is 29.4 Å². The molecule has 152 valence electrons. The highest BCUT2D eigenvalue weighted by Crippen LogP contribution is 2.41. The average molecular weight is 400 g/mol. The van der Waals surface area contributed by atoms with Crippen LogP contribution in [0, 0.1) is 5.82 Å². The number of fused-ring (bicyclic) bond motifs is 3. The standard InChI is InChI=1S/C20H21FN4O4/c21-14-5-13(24-7-11-4-12(8-24)22-11)3-10-6-25(19(18(10)14)16(27)9-26)15-1-2-17(28)23-20(15)29/h3,5,9,11-12,15,19,22H,1-2,4,6-8H2,(H,23,28,29). The molecule has 6 rings (SSSR count). The summed E-state index contributed by atoms with van der Waals surface area (Å²) in [6.45, 7) is 1.76. The van der Waals surface area contributed by atoms with E-state index in [9.17, 15) is 19.2 Å². The van der Waals surface area contributed by atoms with Crippen molar-refractivity contribution in [1.82, 2.24) is 15.5 Å². The number of Topliss-reactive ketones (excluding diaryl/α,β-unsaturated/α-hetero) is 1. The van der Waals surface area contributed by atoms with Crippen molar-refractivity contribution in [3.05, 3.63) is 29.1 Å². The number of halogens is 1. The smallest absolute Gasteiger partial charge is 0.243 e. The topological polar surface area (TPSA) is 98.8 Å². The fourth-order valence-corrected chi connectivity index (χ4v) is 5.12. The van der Waals surface area contributed by atoms with Crippen LogP contribution in [0.15, 0.2) is 12.1 Å². The quantitative estimate of drug-likeness (QED) is 0.411. The third-order valence-electron chi connectivity index (χ3n) is 6.44. The Morgan fingerprint density at radius 1 is 1.21 bits per heavy atom. The lowest BCUT2D eigenvalue weighted by Crippen LogP contribution is -2.67. The van der Waals surface area contributed by atoms with Gasteiger partial charge >= 0.3 is 0 Å². The summed E-state index contributed by atoms with van der Waals surface area (Å²) in [5, 5.41) is 5.70. The summed E-state index contributed by atoms with van der Waals surface area (Å²) < 4.78 is 15.2. The van der Waals surface area contributed by atoms with Crippen LogP contribution in [0.3, 0.4) is 0 Å². The highest BCUT2D eigenvalue weighted by molar-refractivity contribution is 6.27. The molecule has 8 nitrogen and oxygen atoms in total. The molecular formula is C20H21FN4O4. The maximum absolute atomic E-state index is 15.2. The van der Waals surface area contributed by atoms with Gasteiger partial charge in [-0.05, 0) is 30.5 Å². The minimum atomic E-state index is -1.14. The molecule has 0 radical (unpaired) electrons. The fraction of sp³-hybridized carbons (Fsp3) is 0.500. The largest absolute Gasteiger partial charge is 0.368 e. The molecule has 1 aromatic carbocycles. The molecule has 29 heavy (non-hydrogen) atoms. The Morgan fingerprint density at radius 3 is 2.59 bits per heavy atom. The van der Waals surface area contributed by atoms with Gasteiger partial charge in [0.25, 0.3) is 0 Å². The number of nitrogens with one attached hydrogen (secondary N) is 2. The minimum Gasteiger partial charge on any atom is -0.368 e. The molecule has 5 heterocycles. The van der Waals surface area contributed by atoms with Crippen LogP contribution in [0.4, 0.5) is 10.1 Å². The zero-order valence-electron chi connectivity index (χ0n) is 15.7. The molecule has 4 saturated heterocycles. The molecule has 0 spiro atoms. The maximum atomic E-state index is 15.2. The van der Waals surface area contributed by atoms with E-state index in [-0.39, 0.29) is 37.1 Å². The molecule has 5 aliphatic heterocycles. The molecule has 2 amide bonds. The van der Waals surface area contributed by atoms with Gasteiger partial charge < -0.3 is 10.2 Å². The van der Waals surface area contributed by atoms with Crippen LogP contribution >= 0.6 is 0 Å². The van der Waals surface area contributed by atoms with E-state index >= 15 is 4.39 Å². The first-order valence-corrected chi connectivity index (χ1v) is 9.86. The molecule has 2 N–H and O–H groups in total. The van der Waals surface area contributed by atoms with Gasteiger partial charge in [-0.15, -0.1) is 0 Å². The molecule has 2 bridgehead atoms. The van der Waals surface area contributed by atoms with E-state index in [1.54, 1.807) is 4.90 Å². The molecule has 4 atom stereocenters. The molecule has 5 aliphatic rings.